The molecule has 1 aromatic heterocycles. The van der Waals surface area contributed by atoms with E-state index in [9.17, 15) is 8.78 Å². The van der Waals surface area contributed by atoms with Crippen LogP contribution in [-0.2, 0) is 6.54 Å². The summed E-state index contributed by atoms with van der Waals surface area (Å²) >= 11 is 0. The summed E-state index contributed by atoms with van der Waals surface area (Å²) in [7, 11) is 3.37. The lowest BCUT2D eigenvalue weighted by Crippen LogP contribution is -2.25. The number of anilines is 1. The molecule has 0 atom stereocenters. The van der Waals surface area contributed by atoms with E-state index in [2.05, 4.69) is 15.5 Å². The minimum Gasteiger partial charge on any atom is -0.352 e. The first-order valence-corrected chi connectivity index (χ1v) is 4.60. The first-order chi connectivity index (χ1) is 7.13. The fourth-order valence-corrected chi connectivity index (χ4v) is 1.13. The number of hydrogen-bond acceptors (Lipinski definition) is 4. The summed E-state index contributed by atoms with van der Waals surface area (Å²) in [5.41, 5.74) is 0.784. The van der Waals surface area contributed by atoms with E-state index in [1.165, 1.54) is 4.90 Å². The van der Waals surface area contributed by atoms with Crippen molar-refractivity contribution in [1.82, 2.24) is 15.5 Å². The molecule has 0 fully saturated rings. The van der Waals surface area contributed by atoms with Gasteiger partial charge in [-0.15, -0.1) is 5.10 Å². The lowest BCUT2D eigenvalue weighted by molar-refractivity contribution is 0.156. The van der Waals surface area contributed by atoms with Gasteiger partial charge in [0, 0.05) is 13.6 Å². The van der Waals surface area contributed by atoms with E-state index in [1.54, 1.807) is 26.2 Å². The summed E-state index contributed by atoms with van der Waals surface area (Å²) < 4.78 is 24.1. The molecule has 0 aromatic carbocycles. The summed E-state index contributed by atoms with van der Waals surface area (Å²) in [5, 5.41) is 10.7. The third kappa shape index (κ3) is 3.75. The number of aromatic nitrogens is 2. The highest BCUT2D eigenvalue weighted by molar-refractivity contribution is 5.36. The zero-order chi connectivity index (χ0) is 11.3. The molecule has 0 amide bonds. The van der Waals surface area contributed by atoms with Gasteiger partial charge in [0.15, 0.2) is 5.82 Å². The zero-order valence-corrected chi connectivity index (χ0v) is 8.74. The molecule has 0 aliphatic rings. The normalized spacial score (nSPS) is 10.7. The number of nitrogens with one attached hydrogen (secondary N) is 1. The molecule has 0 spiro atoms. The fourth-order valence-electron chi connectivity index (χ4n) is 1.13. The van der Waals surface area contributed by atoms with Crippen molar-refractivity contribution in [1.29, 1.82) is 0 Å². The molecule has 0 aliphatic heterocycles. The van der Waals surface area contributed by atoms with Gasteiger partial charge in [-0.1, -0.05) is 0 Å². The van der Waals surface area contributed by atoms with Crippen LogP contribution in [0.1, 0.15) is 5.69 Å². The number of nitrogens with zero attached hydrogens (tertiary/aromatic N) is 3. The molecule has 0 bridgehead atoms. The van der Waals surface area contributed by atoms with Crippen molar-refractivity contribution in [3.05, 3.63) is 17.8 Å². The van der Waals surface area contributed by atoms with E-state index >= 15 is 0 Å². The highest BCUT2D eigenvalue weighted by Crippen LogP contribution is 2.09. The average Bonchev–Trinajstić information content (AvgIpc) is 2.18. The second kappa shape index (κ2) is 5.55. The van der Waals surface area contributed by atoms with Crippen LogP contribution in [0, 0.1) is 0 Å². The fraction of sp³-hybridized carbons (Fsp3) is 0.556. The largest absolute Gasteiger partial charge is 0.352 e. The van der Waals surface area contributed by atoms with Gasteiger partial charge >= 0.3 is 0 Å². The van der Waals surface area contributed by atoms with Crippen LogP contribution in [0.3, 0.4) is 0 Å². The first-order valence-electron chi connectivity index (χ1n) is 4.60. The molecular formula is C9H14F2N4. The molecule has 0 saturated carbocycles. The first kappa shape index (κ1) is 11.8. The molecule has 0 saturated heterocycles. The van der Waals surface area contributed by atoms with Crippen LogP contribution in [-0.4, -0.2) is 37.3 Å². The third-order valence-electron chi connectivity index (χ3n) is 1.87. The van der Waals surface area contributed by atoms with Gasteiger partial charge in [0.2, 0.25) is 0 Å². The Labute approximate surface area is 87.3 Å². The van der Waals surface area contributed by atoms with Crippen LogP contribution in [0.5, 0.6) is 0 Å². The molecule has 15 heavy (non-hydrogen) atoms. The maximum Gasteiger partial charge on any atom is 0.255 e. The van der Waals surface area contributed by atoms with Crippen LogP contribution in [0.25, 0.3) is 0 Å². The van der Waals surface area contributed by atoms with Gasteiger partial charge in [0.05, 0.1) is 12.2 Å². The summed E-state index contributed by atoms with van der Waals surface area (Å²) in [5.74, 6) is 0.454. The minimum absolute atomic E-state index is 0.333. The van der Waals surface area contributed by atoms with Gasteiger partial charge in [-0.25, -0.2) is 8.78 Å². The number of alkyl halides is 2. The van der Waals surface area contributed by atoms with Crippen molar-refractivity contribution >= 4 is 5.82 Å². The molecule has 6 heteroatoms. The second-order valence-corrected chi connectivity index (χ2v) is 3.18. The quantitative estimate of drug-likeness (QED) is 0.794. The van der Waals surface area contributed by atoms with Crippen LogP contribution in [0.2, 0.25) is 0 Å². The highest BCUT2D eigenvalue weighted by Gasteiger charge is 2.09. The Hall–Kier alpha value is -1.30. The van der Waals surface area contributed by atoms with Crippen molar-refractivity contribution in [3.63, 3.8) is 0 Å². The lowest BCUT2D eigenvalue weighted by atomic mass is 10.3. The van der Waals surface area contributed by atoms with Crippen LogP contribution >= 0.6 is 0 Å². The Balaban J connectivity index is 2.62. The summed E-state index contributed by atoms with van der Waals surface area (Å²) in [6, 6.07) is 3.45. The van der Waals surface area contributed by atoms with Crippen LogP contribution in [0.4, 0.5) is 14.6 Å². The Morgan fingerprint density at radius 1 is 1.40 bits per heavy atom. The molecule has 84 valence electrons. The van der Waals surface area contributed by atoms with Gasteiger partial charge in [0.1, 0.15) is 0 Å². The van der Waals surface area contributed by atoms with E-state index in [1.807, 2.05) is 0 Å². The van der Waals surface area contributed by atoms with Crippen molar-refractivity contribution in [2.45, 2.75) is 13.0 Å². The molecule has 4 nitrogen and oxygen atoms in total. The van der Waals surface area contributed by atoms with Gasteiger partial charge < -0.3 is 10.2 Å². The molecule has 1 N–H and O–H groups in total. The lowest BCUT2D eigenvalue weighted by Gasteiger charge is -2.16. The second-order valence-electron chi connectivity index (χ2n) is 3.18. The van der Waals surface area contributed by atoms with Crippen molar-refractivity contribution in [3.8, 4) is 0 Å². The number of halogens is 2. The summed E-state index contributed by atoms with van der Waals surface area (Å²) in [6.45, 7) is 0.284. The molecule has 0 unspecified atom stereocenters. The Bertz CT molecular complexity index is 289. The van der Waals surface area contributed by atoms with Gasteiger partial charge in [-0.3, -0.25) is 0 Å². The van der Waals surface area contributed by atoms with E-state index < -0.39 is 6.43 Å². The Morgan fingerprint density at radius 3 is 2.60 bits per heavy atom. The average molecular weight is 216 g/mol. The number of hydrogen-bond donors (Lipinski definition) is 1. The summed E-state index contributed by atoms with van der Waals surface area (Å²) in [6.07, 6.45) is -2.37. The zero-order valence-electron chi connectivity index (χ0n) is 8.74. The number of rotatable bonds is 5. The smallest absolute Gasteiger partial charge is 0.255 e. The van der Waals surface area contributed by atoms with Gasteiger partial charge in [-0.2, -0.15) is 5.10 Å². The maximum atomic E-state index is 12.1. The maximum absolute atomic E-state index is 12.1. The van der Waals surface area contributed by atoms with Crippen molar-refractivity contribution < 1.29 is 8.78 Å². The monoisotopic (exact) mass is 216 g/mol. The van der Waals surface area contributed by atoms with E-state index in [-0.39, 0.29) is 6.54 Å². The van der Waals surface area contributed by atoms with Gasteiger partial charge in [-0.05, 0) is 19.2 Å². The molecule has 0 radical (unpaired) electrons. The third-order valence-corrected chi connectivity index (χ3v) is 1.87. The molecule has 1 heterocycles. The van der Waals surface area contributed by atoms with E-state index in [4.69, 9.17) is 0 Å². The molecule has 1 rings (SSSR count). The van der Waals surface area contributed by atoms with Gasteiger partial charge in [0.25, 0.3) is 6.43 Å². The van der Waals surface area contributed by atoms with Crippen molar-refractivity contribution in [2.24, 2.45) is 0 Å². The van der Waals surface area contributed by atoms with Crippen LogP contribution in [0.15, 0.2) is 12.1 Å². The standard InChI is InChI=1S/C9H14F2N4/c1-12-5-7-3-4-9(14-13-7)15(2)6-8(10)11/h3-4,8,12H,5-6H2,1-2H3. The summed E-state index contributed by atoms with van der Waals surface area (Å²) in [4.78, 5) is 1.38. The predicted molar refractivity (Wildman–Crippen MR) is 54.1 cm³/mol. The SMILES string of the molecule is CNCc1ccc(N(C)CC(F)F)nn1. The Morgan fingerprint density at radius 2 is 2.13 bits per heavy atom. The molecular weight excluding hydrogens is 202 g/mol. The predicted octanol–water partition coefficient (Wildman–Crippen LogP) is 0.897. The molecule has 0 aliphatic carbocycles. The van der Waals surface area contributed by atoms with E-state index in [0.717, 1.165) is 5.69 Å². The van der Waals surface area contributed by atoms with E-state index in [0.29, 0.717) is 12.4 Å². The van der Waals surface area contributed by atoms with Crippen LogP contribution < -0.4 is 10.2 Å². The molecule has 1 aromatic rings. The Kier molecular flexibility index (Phi) is 4.36. The topological polar surface area (TPSA) is 41.0 Å². The minimum atomic E-state index is -2.37. The van der Waals surface area contributed by atoms with Crippen molar-refractivity contribution in [2.75, 3.05) is 25.5 Å². The highest BCUT2D eigenvalue weighted by atomic mass is 19.3.